The van der Waals surface area contributed by atoms with Crippen LogP contribution in [-0.2, 0) is 5.41 Å². The molecular weight excluding hydrogens is 404 g/mol. The van der Waals surface area contributed by atoms with Crippen LogP contribution in [0.25, 0.3) is 11.0 Å². The van der Waals surface area contributed by atoms with Gasteiger partial charge in [-0.2, -0.15) is 0 Å². The van der Waals surface area contributed by atoms with Crippen LogP contribution in [-0.4, -0.2) is 22.5 Å². The van der Waals surface area contributed by atoms with E-state index in [4.69, 9.17) is 10.2 Å². The topological polar surface area (TPSA) is 106 Å². The maximum atomic E-state index is 14.1. The van der Waals surface area contributed by atoms with Crippen molar-refractivity contribution in [2.24, 2.45) is 11.7 Å². The van der Waals surface area contributed by atoms with Crippen molar-refractivity contribution < 1.29 is 18.0 Å². The lowest BCUT2D eigenvalue weighted by atomic mass is 9.98. The van der Waals surface area contributed by atoms with Crippen molar-refractivity contribution in [1.82, 2.24) is 15.3 Å². The zero-order valence-electron chi connectivity index (χ0n) is 17.6. The predicted molar refractivity (Wildman–Crippen MR) is 113 cm³/mol. The van der Waals surface area contributed by atoms with E-state index in [0.29, 0.717) is 34.8 Å². The zero-order valence-corrected chi connectivity index (χ0v) is 17.6. The molecule has 2 amide bonds. The Morgan fingerprint density at radius 2 is 1.94 bits per heavy atom. The summed E-state index contributed by atoms with van der Waals surface area (Å²) in [6, 6.07) is 0.966. The highest BCUT2D eigenvalue weighted by molar-refractivity contribution is 5.89. The summed E-state index contributed by atoms with van der Waals surface area (Å²) in [5.74, 6) is -0.461. The van der Waals surface area contributed by atoms with Crippen molar-refractivity contribution >= 4 is 22.7 Å². The van der Waals surface area contributed by atoms with E-state index in [-0.39, 0.29) is 16.9 Å². The van der Waals surface area contributed by atoms with Gasteiger partial charge < -0.3 is 20.8 Å². The number of hydrogen-bond acceptors (Lipinski definition) is 5. The molecule has 1 unspecified atom stereocenters. The lowest BCUT2D eigenvalue weighted by molar-refractivity contribution is 0.241. The summed E-state index contributed by atoms with van der Waals surface area (Å²) in [5.41, 5.74) is 6.66. The Bertz CT molecular complexity index is 1120. The van der Waals surface area contributed by atoms with Gasteiger partial charge in [0.15, 0.2) is 11.4 Å². The van der Waals surface area contributed by atoms with Crippen molar-refractivity contribution in [3.63, 3.8) is 0 Å². The van der Waals surface area contributed by atoms with Gasteiger partial charge in [-0.1, -0.05) is 13.8 Å². The molecular formula is C22H25F2N5O2. The number of furan rings is 1. The van der Waals surface area contributed by atoms with Gasteiger partial charge in [0.05, 0.1) is 24.1 Å². The van der Waals surface area contributed by atoms with E-state index in [9.17, 15) is 13.6 Å². The molecule has 0 saturated heterocycles. The highest BCUT2D eigenvalue weighted by Gasteiger charge is 2.45. The fourth-order valence-corrected chi connectivity index (χ4v) is 3.74. The first-order valence-electron chi connectivity index (χ1n) is 10.2. The molecule has 9 heteroatoms. The Kier molecular flexibility index (Phi) is 5.38. The molecule has 0 bridgehead atoms. The Labute approximate surface area is 178 Å². The molecule has 1 saturated carbocycles. The van der Waals surface area contributed by atoms with Crippen molar-refractivity contribution in [1.29, 1.82) is 0 Å². The van der Waals surface area contributed by atoms with Crippen LogP contribution in [0.4, 0.5) is 19.3 Å². The van der Waals surface area contributed by atoms with Gasteiger partial charge >= 0.3 is 6.03 Å². The first-order chi connectivity index (χ1) is 14.7. The number of hydrogen-bond donors (Lipinski definition) is 3. The average molecular weight is 429 g/mol. The van der Waals surface area contributed by atoms with Crippen LogP contribution >= 0.6 is 0 Å². The molecule has 3 aromatic rings. The number of amides is 2. The molecule has 1 atom stereocenters. The number of halogens is 2. The fourth-order valence-electron chi connectivity index (χ4n) is 3.74. The second-order valence-corrected chi connectivity index (χ2v) is 8.46. The number of nitrogens with two attached hydrogens (primary N) is 1. The van der Waals surface area contributed by atoms with Crippen molar-refractivity contribution in [2.45, 2.75) is 45.1 Å². The number of benzene rings is 1. The SMILES string of the molecule is Cc1c(C(NC(=O)Nc2cnc(C3(CN)CC3)nc2)C(C)C)oc2c(F)cc(F)cc12. The van der Waals surface area contributed by atoms with Gasteiger partial charge in [-0.15, -0.1) is 0 Å². The summed E-state index contributed by atoms with van der Waals surface area (Å²) in [6.45, 7) is 6.01. The van der Waals surface area contributed by atoms with Gasteiger partial charge in [-0.25, -0.2) is 23.5 Å². The van der Waals surface area contributed by atoms with Crippen molar-refractivity contribution in [3.8, 4) is 0 Å². The van der Waals surface area contributed by atoms with E-state index in [1.54, 1.807) is 19.3 Å². The first kappa shape index (κ1) is 21.2. The third kappa shape index (κ3) is 3.97. The highest BCUT2D eigenvalue weighted by atomic mass is 19.1. The summed E-state index contributed by atoms with van der Waals surface area (Å²) >= 11 is 0. The maximum Gasteiger partial charge on any atom is 0.319 e. The molecule has 2 heterocycles. The number of aryl methyl sites for hydroxylation is 1. The molecule has 7 nitrogen and oxygen atoms in total. The third-order valence-electron chi connectivity index (χ3n) is 5.86. The van der Waals surface area contributed by atoms with Crippen LogP contribution in [0.2, 0.25) is 0 Å². The van der Waals surface area contributed by atoms with Gasteiger partial charge in [0.2, 0.25) is 0 Å². The lowest BCUT2D eigenvalue weighted by Gasteiger charge is -2.21. The van der Waals surface area contributed by atoms with E-state index in [1.807, 2.05) is 13.8 Å². The quantitative estimate of drug-likeness (QED) is 0.541. The number of nitrogens with one attached hydrogen (secondary N) is 2. The summed E-state index contributed by atoms with van der Waals surface area (Å²) in [7, 11) is 0. The largest absolute Gasteiger partial charge is 0.455 e. The van der Waals surface area contributed by atoms with E-state index in [2.05, 4.69) is 20.6 Å². The smallest absolute Gasteiger partial charge is 0.319 e. The number of nitrogens with zero attached hydrogens (tertiary/aromatic N) is 2. The van der Waals surface area contributed by atoms with Crippen LogP contribution in [0, 0.1) is 24.5 Å². The van der Waals surface area contributed by atoms with E-state index >= 15 is 0 Å². The number of urea groups is 1. The Morgan fingerprint density at radius 1 is 1.26 bits per heavy atom. The minimum absolute atomic E-state index is 0.0281. The summed E-state index contributed by atoms with van der Waals surface area (Å²) in [4.78, 5) is 21.3. The second kappa shape index (κ2) is 7.88. The van der Waals surface area contributed by atoms with Gasteiger partial charge in [-0.05, 0) is 31.7 Å². The number of carbonyl (C=O) groups excluding carboxylic acids is 1. The summed E-state index contributed by atoms with van der Waals surface area (Å²) in [5, 5.41) is 5.90. The molecule has 0 aliphatic heterocycles. The molecule has 0 spiro atoms. The zero-order chi connectivity index (χ0) is 22.3. The molecule has 1 aromatic carbocycles. The molecule has 1 aliphatic rings. The number of rotatable bonds is 6. The molecule has 1 aliphatic carbocycles. The molecule has 0 radical (unpaired) electrons. The minimum atomic E-state index is -0.778. The van der Waals surface area contributed by atoms with Gasteiger partial charge in [0.25, 0.3) is 0 Å². The molecule has 31 heavy (non-hydrogen) atoms. The molecule has 4 N–H and O–H groups in total. The van der Waals surface area contributed by atoms with Crippen LogP contribution in [0.1, 0.15) is 49.9 Å². The van der Waals surface area contributed by atoms with Gasteiger partial charge in [0.1, 0.15) is 17.4 Å². The van der Waals surface area contributed by atoms with Gasteiger partial charge in [-0.3, -0.25) is 0 Å². The standard InChI is InChI=1S/C22H25F2N5O2/c1-11(2)17(18-12(3)15-6-13(23)7-16(24)19(15)31-18)29-21(30)28-14-8-26-20(27-9-14)22(10-25)4-5-22/h6-9,11,17H,4-5,10,25H2,1-3H3,(H2,28,29,30). The predicted octanol–water partition coefficient (Wildman–Crippen LogP) is 4.32. The number of aromatic nitrogens is 2. The monoisotopic (exact) mass is 429 g/mol. The Morgan fingerprint density at radius 3 is 2.52 bits per heavy atom. The molecule has 164 valence electrons. The van der Waals surface area contributed by atoms with Crippen LogP contribution in [0.15, 0.2) is 28.9 Å². The Hall–Kier alpha value is -3.07. The average Bonchev–Trinajstić information content (AvgIpc) is 3.46. The molecule has 4 rings (SSSR count). The molecule has 2 aromatic heterocycles. The van der Waals surface area contributed by atoms with E-state index < -0.39 is 23.7 Å². The summed E-state index contributed by atoms with van der Waals surface area (Å²) in [6.07, 6.45) is 5.03. The second-order valence-electron chi connectivity index (χ2n) is 8.46. The normalized spacial score (nSPS) is 15.8. The fraction of sp³-hybridized carbons (Fsp3) is 0.409. The summed E-state index contributed by atoms with van der Waals surface area (Å²) < 4.78 is 33.5. The van der Waals surface area contributed by atoms with Crippen molar-refractivity contribution in [3.05, 3.63) is 53.3 Å². The third-order valence-corrected chi connectivity index (χ3v) is 5.86. The van der Waals surface area contributed by atoms with E-state index in [0.717, 1.165) is 18.9 Å². The Balaban J connectivity index is 1.52. The van der Waals surface area contributed by atoms with Gasteiger partial charge in [0, 0.05) is 29.0 Å². The van der Waals surface area contributed by atoms with E-state index in [1.165, 1.54) is 6.07 Å². The lowest BCUT2D eigenvalue weighted by Crippen LogP contribution is -2.35. The molecule has 1 fully saturated rings. The first-order valence-corrected chi connectivity index (χ1v) is 10.2. The van der Waals surface area contributed by atoms with Crippen LogP contribution in [0.3, 0.4) is 0 Å². The van der Waals surface area contributed by atoms with Crippen LogP contribution < -0.4 is 16.4 Å². The number of anilines is 1. The number of fused-ring (bicyclic) bond motifs is 1. The van der Waals surface area contributed by atoms with Crippen LogP contribution in [0.5, 0.6) is 0 Å². The number of carbonyl (C=O) groups is 1. The highest BCUT2D eigenvalue weighted by Crippen LogP contribution is 2.45. The van der Waals surface area contributed by atoms with Crippen molar-refractivity contribution in [2.75, 3.05) is 11.9 Å². The maximum absolute atomic E-state index is 14.1. The minimum Gasteiger partial charge on any atom is -0.455 e.